The number of ether oxygens (including phenoxy) is 5. The highest BCUT2D eigenvalue weighted by Gasteiger charge is 2.53. The summed E-state index contributed by atoms with van der Waals surface area (Å²) in [5.74, 6) is 1.08. The van der Waals surface area contributed by atoms with Crippen molar-refractivity contribution >= 4 is 5.97 Å². The zero-order chi connectivity index (χ0) is 27.5. The Morgan fingerprint density at radius 2 is 1.54 bits per heavy atom. The van der Waals surface area contributed by atoms with Gasteiger partial charge in [0.1, 0.15) is 47.4 Å². The highest BCUT2D eigenvalue weighted by molar-refractivity contribution is 5.97. The summed E-state index contributed by atoms with van der Waals surface area (Å²) in [6.45, 7) is 3.24. The molecule has 6 rings (SSSR count). The lowest BCUT2D eigenvalue weighted by Crippen LogP contribution is -2.60. The predicted molar refractivity (Wildman–Crippen MR) is 135 cm³/mol. The minimum absolute atomic E-state index is 0.0727. The van der Waals surface area contributed by atoms with Gasteiger partial charge in [0.15, 0.2) is 5.60 Å². The van der Waals surface area contributed by atoms with Crippen molar-refractivity contribution in [1.29, 1.82) is 0 Å². The molecule has 4 N–H and O–H groups in total. The first-order valence-electron chi connectivity index (χ1n) is 12.7. The van der Waals surface area contributed by atoms with Crippen molar-refractivity contribution in [3.8, 4) is 23.0 Å². The van der Waals surface area contributed by atoms with E-state index in [0.717, 1.165) is 0 Å². The molecule has 10 heteroatoms. The Morgan fingerprint density at radius 1 is 0.872 bits per heavy atom. The number of rotatable bonds is 5. The molecule has 0 saturated carbocycles. The van der Waals surface area contributed by atoms with Gasteiger partial charge in [-0.25, -0.2) is 4.79 Å². The molecule has 0 radical (unpaired) electrons. The lowest BCUT2D eigenvalue weighted by atomic mass is 9.77. The minimum atomic E-state index is -1.58. The number of hydrogen-bond donors (Lipinski definition) is 4. The summed E-state index contributed by atoms with van der Waals surface area (Å²) in [4.78, 5) is 13.0. The molecule has 0 amide bonds. The van der Waals surface area contributed by atoms with E-state index in [4.69, 9.17) is 23.7 Å². The maximum atomic E-state index is 13.0. The predicted octanol–water partition coefficient (Wildman–Crippen LogP) is 2.22. The zero-order valence-electron chi connectivity index (χ0n) is 21.2. The minimum Gasteiger partial charge on any atom is -0.491 e. The molecule has 3 aliphatic heterocycles. The maximum absolute atomic E-state index is 13.0. The first-order valence-corrected chi connectivity index (χ1v) is 12.7. The van der Waals surface area contributed by atoms with Gasteiger partial charge >= 0.3 is 5.97 Å². The second-order valence-electron chi connectivity index (χ2n) is 10.0. The van der Waals surface area contributed by atoms with Gasteiger partial charge in [0.05, 0.1) is 18.3 Å². The molecule has 1 fully saturated rings. The number of hydrogen-bond acceptors (Lipinski definition) is 10. The molecule has 0 aliphatic carbocycles. The zero-order valence-corrected chi connectivity index (χ0v) is 21.2. The van der Waals surface area contributed by atoms with E-state index in [1.165, 1.54) is 0 Å². The third-order valence-corrected chi connectivity index (χ3v) is 7.13. The van der Waals surface area contributed by atoms with Crippen molar-refractivity contribution in [3.05, 3.63) is 82.9 Å². The van der Waals surface area contributed by atoms with E-state index in [1.54, 1.807) is 42.5 Å². The Bertz CT molecular complexity index is 1420. The van der Waals surface area contributed by atoms with Gasteiger partial charge in [-0.2, -0.15) is 0 Å². The van der Waals surface area contributed by atoms with Gasteiger partial charge in [0.25, 0.3) is 0 Å². The lowest BCUT2D eigenvalue weighted by molar-refractivity contribution is -0.277. The molecular weight excluding hydrogens is 508 g/mol. The molecular formula is C29H28O10. The number of benzene rings is 3. The molecule has 3 aromatic rings. The average Bonchev–Trinajstić information content (AvgIpc) is 3.21. The van der Waals surface area contributed by atoms with E-state index in [1.807, 2.05) is 32.0 Å². The summed E-state index contributed by atoms with van der Waals surface area (Å²) in [7, 11) is 0. The van der Waals surface area contributed by atoms with Crippen LogP contribution in [-0.4, -0.2) is 69.8 Å². The van der Waals surface area contributed by atoms with Gasteiger partial charge in [-0.05, 0) is 44.2 Å². The maximum Gasteiger partial charge on any atom is 0.340 e. The fourth-order valence-corrected chi connectivity index (χ4v) is 5.35. The molecule has 204 valence electrons. The van der Waals surface area contributed by atoms with Crippen LogP contribution in [0.5, 0.6) is 23.0 Å². The summed E-state index contributed by atoms with van der Waals surface area (Å²) < 4.78 is 29.6. The summed E-state index contributed by atoms with van der Waals surface area (Å²) in [5.41, 5.74) is 1.02. The fourth-order valence-electron chi connectivity index (χ4n) is 5.35. The van der Waals surface area contributed by atoms with E-state index in [9.17, 15) is 25.2 Å². The van der Waals surface area contributed by atoms with Crippen LogP contribution in [0.1, 0.15) is 40.9 Å². The van der Waals surface area contributed by atoms with Gasteiger partial charge in [0.2, 0.25) is 6.29 Å². The first-order chi connectivity index (χ1) is 18.7. The van der Waals surface area contributed by atoms with E-state index < -0.39 is 48.9 Å². The molecule has 3 aromatic carbocycles. The standard InChI is InChI=1S/C29H28O10/c1-14(2)35-15-7-9-19-21(11-15)37-22-12-16(36-28-26(33)25(32)24(31)23(13-30)38-28)8-10-20(22)29(19)18-6-4-3-5-17(18)27(34)39-29/h3-12,14,23-26,28,30-33H,13H2,1-2H3/t23?,24-,25+,26?,28+,29?/m1/s1. The van der Waals surface area contributed by atoms with Crippen molar-refractivity contribution in [2.75, 3.05) is 6.61 Å². The van der Waals surface area contributed by atoms with Crippen molar-refractivity contribution in [3.63, 3.8) is 0 Å². The van der Waals surface area contributed by atoms with E-state index in [2.05, 4.69) is 0 Å². The third-order valence-electron chi connectivity index (χ3n) is 7.13. The van der Waals surface area contributed by atoms with Crippen LogP contribution in [0.2, 0.25) is 0 Å². The quantitative estimate of drug-likeness (QED) is 0.358. The second kappa shape index (κ2) is 9.51. The number of carbonyl (C=O) groups excluding carboxylic acids is 1. The van der Waals surface area contributed by atoms with Gasteiger partial charge < -0.3 is 44.1 Å². The van der Waals surface area contributed by atoms with E-state index in [-0.39, 0.29) is 11.9 Å². The largest absolute Gasteiger partial charge is 0.491 e. The monoisotopic (exact) mass is 536 g/mol. The van der Waals surface area contributed by atoms with Crippen molar-refractivity contribution in [1.82, 2.24) is 0 Å². The van der Waals surface area contributed by atoms with Gasteiger partial charge in [-0.1, -0.05) is 18.2 Å². The molecule has 3 unspecified atom stereocenters. The normalized spacial score (nSPS) is 28.8. The Balaban J connectivity index is 1.43. The number of fused-ring (bicyclic) bond motifs is 6. The SMILES string of the molecule is CC(C)Oc1ccc2c(c1)Oc1cc(O[C@H]3OC(CO)[C@@H](O)[C@H](O)C3O)ccc1C21OC(=O)c2ccccc21. The number of aliphatic hydroxyl groups excluding tert-OH is 4. The molecule has 0 bridgehead atoms. The molecule has 10 nitrogen and oxygen atoms in total. The van der Waals surface area contributed by atoms with Crippen LogP contribution in [0.25, 0.3) is 0 Å². The Morgan fingerprint density at radius 3 is 2.23 bits per heavy atom. The summed E-state index contributed by atoms with van der Waals surface area (Å²) >= 11 is 0. The van der Waals surface area contributed by atoms with Crippen molar-refractivity contribution in [2.45, 2.75) is 56.3 Å². The molecule has 1 spiro atoms. The summed E-state index contributed by atoms with van der Waals surface area (Å²) in [6.07, 6.45) is -7.24. The molecule has 39 heavy (non-hydrogen) atoms. The van der Waals surface area contributed by atoms with Crippen molar-refractivity contribution in [2.24, 2.45) is 0 Å². The lowest BCUT2D eigenvalue weighted by Gasteiger charge is -2.40. The fraction of sp³-hybridized carbons (Fsp3) is 0.345. The highest BCUT2D eigenvalue weighted by Crippen LogP contribution is 2.57. The summed E-state index contributed by atoms with van der Waals surface area (Å²) in [5, 5.41) is 40.1. The molecule has 6 atom stereocenters. The number of carbonyl (C=O) groups is 1. The van der Waals surface area contributed by atoms with Crippen LogP contribution in [0.3, 0.4) is 0 Å². The van der Waals surface area contributed by atoms with E-state index in [0.29, 0.717) is 39.5 Å². The molecule has 3 heterocycles. The smallest absolute Gasteiger partial charge is 0.340 e. The van der Waals surface area contributed by atoms with Crippen LogP contribution in [0.15, 0.2) is 60.7 Å². The third kappa shape index (κ3) is 4.03. The summed E-state index contributed by atoms with van der Waals surface area (Å²) in [6, 6.07) is 17.4. The topological polar surface area (TPSA) is 144 Å². The van der Waals surface area contributed by atoms with Crippen LogP contribution >= 0.6 is 0 Å². The van der Waals surface area contributed by atoms with E-state index >= 15 is 0 Å². The number of aliphatic hydroxyl groups is 4. The average molecular weight is 537 g/mol. The van der Waals surface area contributed by atoms with Crippen LogP contribution in [0, 0.1) is 0 Å². The molecule has 1 saturated heterocycles. The first kappa shape index (κ1) is 25.6. The number of esters is 1. The highest BCUT2D eigenvalue weighted by atomic mass is 16.7. The Labute approximate surface area is 223 Å². The Kier molecular flexibility index (Phi) is 6.24. The van der Waals surface area contributed by atoms with Crippen molar-refractivity contribution < 1.29 is 48.9 Å². The van der Waals surface area contributed by atoms with Crippen LogP contribution in [0.4, 0.5) is 0 Å². The van der Waals surface area contributed by atoms with Crippen LogP contribution < -0.4 is 14.2 Å². The van der Waals surface area contributed by atoms with Gasteiger partial charge in [-0.15, -0.1) is 0 Å². The second-order valence-corrected chi connectivity index (χ2v) is 10.0. The molecule has 0 aromatic heterocycles. The van der Waals surface area contributed by atoms with Crippen LogP contribution in [-0.2, 0) is 15.1 Å². The van der Waals surface area contributed by atoms with Gasteiger partial charge in [-0.3, -0.25) is 0 Å². The van der Waals surface area contributed by atoms with Gasteiger partial charge in [0, 0.05) is 28.8 Å². The Hall–Kier alpha value is -3.67. The molecule has 3 aliphatic rings.